The molecular weight excluding hydrogens is 485 g/mol. The van der Waals surface area contributed by atoms with Gasteiger partial charge in [-0.15, -0.1) is 0 Å². The number of benzene rings is 2. The molecule has 0 spiro atoms. The number of aryl methyl sites for hydroxylation is 1. The van der Waals surface area contributed by atoms with Crippen LogP contribution in [0.15, 0.2) is 60.7 Å². The summed E-state index contributed by atoms with van der Waals surface area (Å²) in [6.45, 7) is 6.50. The molecule has 0 radical (unpaired) electrons. The van der Waals surface area contributed by atoms with E-state index in [-0.39, 0.29) is 18.2 Å². The summed E-state index contributed by atoms with van der Waals surface area (Å²) in [5.74, 6) is -1.47. The maximum absolute atomic E-state index is 13.9. The van der Waals surface area contributed by atoms with E-state index in [2.05, 4.69) is 0 Å². The van der Waals surface area contributed by atoms with Crippen molar-refractivity contribution in [3.8, 4) is 11.1 Å². The van der Waals surface area contributed by atoms with E-state index < -0.39 is 24.6 Å². The fourth-order valence-corrected chi connectivity index (χ4v) is 4.65. The topological polar surface area (TPSA) is 108 Å². The van der Waals surface area contributed by atoms with E-state index in [4.69, 9.17) is 15.2 Å². The molecule has 2 aromatic heterocycles. The minimum absolute atomic E-state index is 0.00775. The third kappa shape index (κ3) is 6.15. The number of hydrogen-bond acceptors (Lipinski definition) is 5. The Morgan fingerprint density at radius 2 is 1.76 bits per heavy atom. The first-order valence-electron chi connectivity index (χ1n) is 12.6. The van der Waals surface area contributed by atoms with Crippen LogP contribution < -0.4 is 0 Å². The van der Waals surface area contributed by atoms with Crippen LogP contribution in [-0.2, 0) is 11.3 Å². The molecule has 2 heterocycles. The summed E-state index contributed by atoms with van der Waals surface area (Å²) < 4.78 is 15.8. The van der Waals surface area contributed by atoms with Gasteiger partial charge in [-0.1, -0.05) is 68.5 Å². The molecule has 2 aromatic carbocycles. The van der Waals surface area contributed by atoms with Crippen LogP contribution in [0.25, 0.3) is 28.2 Å². The maximum atomic E-state index is 13.9. The van der Waals surface area contributed by atoms with E-state index in [0.717, 1.165) is 39.0 Å². The highest BCUT2D eigenvalue weighted by Gasteiger charge is 2.23. The Bertz CT molecular complexity index is 1450. The van der Waals surface area contributed by atoms with Crippen molar-refractivity contribution in [2.75, 3.05) is 0 Å². The van der Waals surface area contributed by atoms with E-state index in [1.165, 1.54) is 18.2 Å². The van der Waals surface area contributed by atoms with Gasteiger partial charge < -0.3 is 15.3 Å². The summed E-state index contributed by atoms with van der Waals surface area (Å²) >= 11 is 0. The number of aliphatic carboxylic acids is 1. The molecule has 8 heteroatoms. The van der Waals surface area contributed by atoms with Gasteiger partial charge in [0.05, 0.1) is 41.9 Å². The summed E-state index contributed by atoms with van der Waals surface area (Å²) in [6.07, 6.45) is 0.491. The Hall–Kier alpha value is -3.88. The maximum Gasteiger partial charge on any atom is 0.305 e. The van der Waals surface area contributed by atoms with E-state index >= 15 is 0 Å². The number of aliphatic hydroxyl groups is 2. The number of carboxylic acid groups (broad SMARTS) is 1. The van der Waals surface area contributed by atoms with Crippen LogP contribution >= 0.6 is 0 Å². The molecule has 3 N–H and O–H groups in total. The third-order valence-electron chi connectivity index (χ3n) is 6.39. The Morgan fingerprint density at radius 1 is 1.08 bits per heavy atom. The number of fused-ring (bicyclic) bond motifs is 1. The first kappa shape index (κ1) is 27.2. The lowest BCUT2D eigenvalue weighted by Gasteiger charge is -2.18. The van der Waals surface area contributed by atoms with Gasteiger partial charge in [0.1, 0.15) is 5.82 Å². The van der Waals surface area contributed by atoms with E-state index in [0.29, 0.717) is 12.2 Å². The fraction of sp³-hybridized carbons (Fsp3) is 0.300. The number of aromatic nitrogens is 3. The fourth-order valence-electron chi connectivity index (χ4n) is 4.65. The molecule has 0 aliphatic rings. The predicted molar refractivity (Wildman–Crippen MR) is 145 cm³/mol. The number of hydrogen-bond donors (Lipinski definition) is 3. The third-order valence-corrected chi connectivity index (χ3v) is 6.39. The van der Waals surface area contributed by atoms with Crippen molar-refractivity contribution in [2.24, 2.45) is 0 Å². The summed E-state index contributed by atoms with van der Waals surface area (Å²) in [6, 6.07) is 16.2. The summed E-state index contributed by atoms with van der Waals surface area (Å²) in [5, 5.41) is 35.0. The van der Waals surface area contributed by atoms with Gasteiger partial charge in [-0.25, -0.2) is 14.1 Å². The lowest BCUT2D eigenvalue weighted by Crippen LogP contribution is -2.19. The zero-order valence-corrected chi connectivity index (χ0v) is 21.7. The van der Waals surface area contributed by atoms with Crippen LogP contribution in [0.3, 0.4) is 0 Å². The SMILES string of the molecule is Cc1nn(Cc2ccccc2)c2nc(C(C)C)c(/C=C/[C@@H](O)C[C@@H](O)CC(=O)O)c(-c3ccc(F)cc3)c12. The molecule has 0 fully saturated rings. The van der Waals surface area contributed by atoms with Gasteiger partial charge in [0, 0.05) is 17.5 Å². The van der Waals surface area contributed by atoms with Crippen molar-refractivity contribution in [3.05, 3.63) is 89.0 Å². The van der Waals surface area contributed by atoms with Gasteiger partial charge in [0.25, 0.3) is 0 Å². The second-order valence-electron chi connectivity index (χ2n) is 9.79. The van der Waals surface area contributed by atoms with Crippen LogP contribution in [0.5, 0.6) is 0 Å². The molecule has 0 saturated heterocycles. The smallest absolute Gasteiger partial charge is 0.305 e. The van der Waals surface area contributed by atoms with Gasteiger partial charge in [-0.05, 0) is 36.1 Å². The van der Waals surface area contributed by atoms with Gasteiger partial charge in [-0.2, -0.15) is 5.10 Å². The molecule has 0 aliphatic heterocycles. The van der Waals surface area contributed by atoms with Crippen LogP contribution in [0.1, 0.15) is 55.1 Å². The predicted octanol–water partition coefficient (Wildman–Crippen LogP) is 5.32. The highest BCUT2D eigenvalue weighted by atomic mass is 19.1. The molecule has 0 unspecified atom stereocenters. The first-order valence-corrected chi connectivity index (χ1v) is 12.6. The van der Waals surface area contributed by atoms with Crippen LogP contribution in [-0.4, -0.2) is 48.3 Å². The van der Waals surface area contributed by atoms with Crippen LogP contribution in [0, 0.1) is 12.7 Å². The standard InChI is InChI=1S/C30H32FN3O4/c1-18(2)29-25(14-13-23(35)15-24(36)16-26(37)38)28(21-9-11-22(31)12-10-21)27-19(3)33-34(30(27)32-29)17-20-7-5-4-6-8-20/h4-14,18,23-24,35-36H,15-17H2,1-3H3,(H,37,38)/b14-13+/t23-,24-/m1/s1. The van der Waals surface area contributed by atoms with Crippen molar-refractivity contribution in [3.63, 3.8) is 0 Å². The summed E-state index contributed by atoms with van der Waals surface area (Å²) in [4.78, 5) is 15.9. The normalized spacial score (nSPS) is 13.4. The van der Waals surface area contributed by atoms with Crippen molar-refractivity contribution < 1.29 is 24.5 Å². The number of nitrogens with zero attached hydrogens (tertiary/aromatic N) is 3. The van der Waals surface area contributed by atoms with E-state index in [9.17, 15) is 19.4 Å². The number of pyridine rings is 1. The Morgan fingerprint density at radius 3 is 2.39 bits per heavy atom. The van der Waals surface area contributed by atoms with Gasteiger partial charge in [0.15, 0.2) is 5.65 Å². The van der Waals surface area contributed by atoms with Gasteiger partial charge in [-0.3, -0.25) is 4.79 Å². The number of carboxylic acids is 1. The minimum Gasteiger partial charge on any atom is -0.481 e. The second-order valence-corrected chi connectivity index (χ2v) is 9.79. The van der Waals surface area contributed by atoms with Gasteiger partial charge in [0.2, 0.25) is 0 Å². The second kappa shape index (κ2) is 11.7. The number of rotatable bonds is 10. The molecule has 198 valence electrons. The Labute approximate surface area is 220 Å². The molecule has 0 bridgehead atoms. The molecule has 0 amide bonds. The van der Waals surface area contributed by atoms with Crippen LogP contribution in [0.2, 0.25) is 0 Å². The summed E-state index contributed by atoms with van der Waals surface area (Å²) in [5.41, 5.74) is 5.70. The van der Waals surface area contributed by atoms with Crippen molar-refractivity contribution in [1.82, 2.24) is 14.8 Å². The molecule has 0 saturated carbocycles. The largest absolute Gasteiger partial charge is 0.481 e. The molecule has 0 aliphatic carbocycles. The number of halogens is 1. The van der Waals surface area contributed by atoms with Crippen molar-refractivity contribution in [2.45, 2.75) is 58.3 Å². The average molecular weight is 518 g/mol. The summed E-state index contributed by atoms with van der Waals surface area (Å²) in [7, 11) is 0. The molecule has 4 aromatic rings. The average Bonchev–Trinajstić information content (AvgIpc) is 3.17. The molecule has 2 atom stereocenters. The Kier molecular flexibility index (Phi) is 8.34. The van der Waals surface area contributed by atoms with Crippen molar-refractivity contribution in [1.29, 1.82) is 0 Å². The van der Waals surface area contributed by atoms with Crippen LogP contribution in [0.4, 0.5) is 4.39 Å². The molecule has 38 heavy (non-hydrogen) atoms. The van der Waals surface area contributed by atoms with Gasteiger partial charge >= 0.3 is 5.97 Å². The van der Waals surface area contributed by atoms with E-state index in [1.54, 1.807) is 18.2 Å². The first-order chi connectivity index (χ1) is 18.1. The quantitative estimate of drug-likeness (QED) is 0.263. The molecular formula is C30H32FN3O4. The molecule has 7 nitrogen and oxygen atoms in total. The zero-order chi connectivity index (χ0) is 27.4. The lowest BCUT2D eigenvalue weighted by molar-refractivity contribution is -0.139. The lowest BCUT2D eigenvalue weighted by atomic mass is 9.91. The van der Waals surface area contributed by atoms with E-state index in [1.807, 2.05) is 55.8 Å². The zero-order valence-electron chi connectivity index (χ0n) is 21.7. The number of carbonyl (C=O) groups is 1. The highest BCUT2D eigenvalue weighted by molar-refractivity contribution is 6.00. The van der Waals surface area contributed by atoms with Crippen molar-refractivity contribution >= 4 is 23.1 Å². The highest BCUT2D eigenvalue weighted by Crippen LogP contribution is 2.38. The monoisotopic (exact) mass is 517 g/mol. The number of aliphatic hydroxyl groups excluding tert-OH is 2. The minimum atomic E-state index is -1.17. The molecule has 4 rings (SSSR count). The Balaban J connectivity index is 1.89.